The van der Waals surface area contributed by atoms with Gasteiger partial charge in [0, 0.05) is 43.9 Å². The van der Waals surface area contributed by atoms with Gasteiger partial charge in [-0.05, 0) is 37.8 Å². The van der Waals surface area contributed by atoms with Gasteiger partial charge in [-0.25, -0.2) is 0 Å². The minimum atomic E-state index is 0.125. The lowest BCUT2D eigenvalue weighted by atomic mass is 10.1. The molecule has 0 aromatic carbocycles. The van der Waals surface area contributed by atoms with Gasteiger partial charge >= 0.3 is 0 Å². The topological polar surface area (TPSA) is 72.1 Å². The van der Waals surface area contributed by atoms with Gasteiger partial charge in [0.05, 0.1) is 0 Å². The van der Waals surface area contributed by atoms with Gasteiger partial charge in [0.1, 0.15) is 0 Å². The van der Waals surface area contributed by atoms with Crippen LogP contribution in [0.5, 0.6) is 0 Å². The van der Waals surface area contributed by atoms with Crippen LogP contribution in [0.1, 0.15) is 32.1 Å². The molecule has 3 rings (SSSR count). The number of aryl methyl sites for hydroxylation is 1. The summed E-state index contributed by atoms with van der Waals surface area (Å²) in [6, 6.07) is 4.02. The molecule has 6 heteroatoms. The lowest BCUT2D eigenvalue weighted by Gasteiger charge is -2.24. The van der Waals surface area contributed by atoms with Crippen LogP contribution >= 0.6 is 0 Å². The molecule has 1 saturated carbocycles. The summed E-state index contributed by atoms with van der Waals surface area (Å²) in [6.45, 7) is 2.11. The zero-order valence-electron chi connectivity index (χ0n) is 12.9. The first-order chi connectivity index (χ1) is 10.6. The first-order valence-corrected chi connectivity index (χ1v) is 7.64. The van der Waals surface area contributed by atoms with Crippen LogP contribution in [-0.2, 0) is 11.2 Å². The Morgan fingerprint density at radius 3 is 3.00 bits per heavy atom. The van der Waals surface area contributed by atoms with E-state index in [0.29, 0.717) is 36.5 Å². The maximum Gasteiger partial charge on any atom is 0.227 e. The number of carbonyl (C=O) groups excluding carboxylic acids is 1. The van der Waals surface area contributed by atoms with Crippen LogP contribution < -0.4 is 0 Å². The molecule has 2 aromatic heterocycles. The Hall–Kier alpha value is -2.24. The molecule has 0 unspecified atom stereocenters. The average molecular weight is 300 g/mol. The Balaban J connectivity index is 1.55. The number of hydrogen-bond donors (Lipinski definition) is 0. The maximum absolute atomic E-state index is 12.2. The summed E-state index contributed by atoms with van der Waals surface area (Å²) in [4.78, 5) is 22.4. The SMILES string of the molecule is C[C@H](C1CC1)N(C)C(=O)CCc1nc(-c2cccnc2)no1. The van der Waals surface area contributed by atoms with Gasteiger partial charge in [-0.15, -0.1) is 0 Å². The summed E-state index contributed by atoms with van der Waals surface area (Å²) < 4.78 is 5.21. The number of aromatic nitrogens is 3. The average Bonchev–Trinajstić information content (AvgIpc) is 3.30. The molecule has 0 bridgehead atoms. The van der Waals surface area contributed by atoms with E-state index >= 15 is 0 Å². The third kappa shape index (κ3) is 3.32. The van der Waals surface area contributed by atoms with Crippen LogP contribution in [0.4, 0.5) is 0 Å². The molecule has 0 aliphatic heterocycles. The van der Waals surface area contributed by atoms with Gasteiger partial charge in [0.25, 0.3) is 0 Å². The Labute approximate surface area is 129 Å². The fraction of sp³-hybridized carbons (Fsp3) is 0.500. The highest BCUT2D eigenvalue weighted by molar-refractivity contribution is 5.76. The summed E-state index contributed by atoms with van der Waals surface area (Å²) in [5.41, 5.74) is 0.809. The molecular weight excluding hydrogens is 280 g/mol. The Morgan fingerprint density at radius 1 is 1.50 bits per heavy atom. The highest BCUT2D eigenvalue weighted by Gasteiger charge is 2.32. The predicted molar refractivity (Wildman–Crippen MR) is 80.8 cm³/mol. The van der Waals surface area contributed by atoms with Crippen molar-refractivity contribution in [3.8, 4) is 11.4 Å². The van der Waals surface area contributed by atoms with Crippen molar-refractivity contribution in [3.63, 3.8) is 0 Å². The maximum atomic E-state index is 12.2. The highest BCUT2D eigenvalue weighted by Crippen LogP contribution is 2.34. The lowest BCUT2D eigenvalue weighted by Crippen LogP contribution is -2.36. The molecule has 22 heavy (non-hydrogen) atoms. The first kappa shape index (κ1) is 14.7. The third-order valence-electron chi connectivity index (χ3n) is 4.25. The standard InChI is InChI=1S/C16H20N4O2/c1-11(12-5-6-12)20(2)15(21)8-7-14-18-16(19-22-14)13-4-3-9-17-10-13/h3-4,9-12H,5-8H2,1-2H3/t11-/m1/s1. The van der Waals surface area contributed by atoms with E-state index in [4.69, 9.17) is 4.52 Å². The number of rotatable bonds is 6. The second-order valence-electron chi connectivity index (χ2n) is 5.84. The van der Waals surface area contributed by atoms with E-state index in [9.17, 15) is 4.79 Å². The van der Waals surface area contributed by atoms with E-state index in [0.717, 1.165) is 5.56 Å². The van der Waals surface area contributed by atoms with Crippen LogP contribution in [0.25, 0.3) is 11.4 Å². The van der Waals surface area contributed by atoms with Crippen molar-refractivity contribution in [2.24, 2.45) is 5.92 Å². The van der Waals surface area contributed by atoms with Crippen LogP contribution in [0.15, 0.2) is 29.0 Å². The van der Waals surface area contributed by atoms with Crippen molar-refractivity contribution >= 4 is 5.91 Å². The van der Waals surface area contributed by atoms with E-state index in [2.05, 4.69) is 22.0 Å². The van der Waals surface area contributed by atoms with E-state index in [-0.39, 0.29) is 5.91 Å². The summed E-state index contributed by atoms with van der Waals surface area (Å²) in [6.07, 6.45) is 6.70. The highest BCUT2D eigenvalue weighted by atomic mass is 16.5. The zero-order chi connectivity index (χ0) is 15.5. The van der Waals surface area contributed by atoms with Crippen molar-refractivity contribution in [3.05, 3.63) is 30.4 Å². The van der Waals surface area contributed by atoms with Crippen molar-refractivity contribution in [2.45, 2.75) is 38.6 Å². The minimum absolute atomic E-state index is 0.125. The summed E-state index contributed by atoms with van der Waals surface area (Å²) >= 11 is 0. The molecule has 1 aliphatic rings. The monoisotopic (exact) mass is 300 g/mol. The van der Waals surface area contributed by atoms with Crippen molar-refractivity contribution in [1.29, 1.82) is 0 Å². The summed E-state index contributed by atoms with van der Waals surface area (Å²) in [7, 11) is 1.88. The lowest BCUT2D eigenvalue weighted by molar-refractivity contribution is -0.132. The molecule has 2 heterocycles. The molecule has 116 valence electrons. The number of pyridine rings is 1. The first-order valence-electron chi connectivity index (χ1n) is 7.64. The van der Waals surface area contributed by atoms with Crippen LogP contribution in [0.3, 0.4) is 0 Å². The van der Waals surface area contributed by atoms with Crippen LogP contribution in [0.2, 0.25) is 0 Å². The molecular formula is C16H20N4O2. The van der Waals surface area contributed by atoms with E-state index in [1.54, 1.807) is 12.4 Å². The molecule has 1 fully saturated rings. The van der Waals surface area contributed by atoms with Gasteiger partial charge in [-0.2, -0.15) is 4.98 Å². The van der Waals surface area contributed by atoms with E-state index in [1.165, 1.54) is 12.8 Å². The third-order valence-corrected chi connectivity index (χ3v) is 4.25. The number of hydrogen-bond acceptors (Lipinski definition) is 5. The van der Waals surface area contributed by atoms with Gasteiger partial charge in [0.2, 0.25) is 17.6 Å². The second kappa shape index (κ2) is 6.25. The smallest absolute Gasteiger partial charge is 0.227 e. The van der Waals surface area contributed by atoms with Crippen LogP contribution in [-0.4, -0.2) is 39.0 Å². The molecule has 1 aliphatic carbocycles. The fourth-order valence-corrected chi connectivity index (χ4v) is 2.48. The van der Waals surface area contributed by atoms with E-state index < -0.39 is 0 Å². The second-order valence-corrected chi connectivity index (χ2v) is 5.84. The minimum Gasteiger partial charge on any atom is -0.343 e. The largest absolute Gasteiger partial charge is 0.343 e. The van der Waals surface area contributed by atoms with Gasteiger partial charge in [-0.1, -0.05) is 5.16 Å². The normalized spacial score (nSPS) is 15.5. The molecule has 1 atom stereocenters. The van der Waals surface area contributed by atoms with Gasteiger partial charge < -0.3 is 9.42 Å². The number of amides is 1. The summed E-state index contributed by atoms with van der Waals surface area (Å²) in [5, 5.41) is 3.93. The van der Waals surface area contributed by atoms with Gasteiger partial charge in [0.15, 0.2) is 0 Å². The Kier molecular flexibility index (Phi) is 4.18. The van der Waals surface area contributed by atoms with E-state index in [1.807, 2.05) is 24.1 Å². The zero-order valence-corrected chi connectivity index (χ0v) is 12.9. The number of nitrogens with zero attached hydrogens (tertiary/aromatic N) is 4. The Bertz CT molecular complexity index is 637. The molecule has 0 saturated heterocycles. The Morgan fingerprint density at radius 2 is 2.32 bits per heavy atom. The molecule has 0 radical (unpaired) electrons. The molecule has 6 nitrogen and oxygen atoms in total. The van der Waals surface area contributed by atoms with Gasteiger partial charge in [-0.3, -0.25) is 9.78 Å². The van der Waals surface area contributed by atoms with Crippen molar-refractivity contribution < 1.29 is 9.32 Å². The number of carbonyl (C=O) groups is 1. The fourth-order valence-electron chi connectivity index (χ4n) is 2.48. The summed E-state index contributed by atoms with van der Waals surface area (Å²) in [5.74, 6) is 1.80. The van der Waals surface area contributed by atoms with Crippen LogP contribution in [0, 0.1) is 5.92 Å². The van der Waals surface area contributed by atoms with Crippen molar-refractivity contribution in [2.75, 3.05) is 7.05 Å². The molecule has 0 spiro atoms. The quantitative estimate of drug-likeness (QED) is 0.818. The predicted octanol–water partition coefficient (Wildman–Crippen LogP) is 2.32. The van der Waals surface area contributed by atoms with Crippen molar-refractivity contribution in [1.82, 2.24) is 20.0 Å². The molecule has 0 N–H and O–H groups in total. The molecule has 1 amide bonds. The molecule has 2 aromatic rings.